The Bertz CT molecular complexity index is 860. The van der Waals surface area contributed by atoms with Crippen LogP contribution in [0.5, 0.6) is 11.5 Å². The van der Waals surface area contributed by atoms with Gasteiger partial charge in [0.25, 0.3) is 0 Å². The van der Waals surface area contributed by atoms with E-state index < -0.39 is 12.3 Å². The largest absolute Gasteiger partial charge is 0.493 e. The van der Waals surface area contributed by atoms with Crippen molar-refractivity contribution in [1.82, 2.24) is 10.2 Å². The fourth-order valence-electron chi connectivity index (χ4n) is 6.13. The van der Waals surface area contributed by atoms with E-state index in [4.69, 9.17) is 19.9 Å². The topological polar surface area (TPSA) is 109 Å². The molecule has 42 heavy (non-hydrogen) atoms. The minimum Gasteiger partial charge on any atom is -0.493 e. The van der Waals surface area contributed by atoms with Crippen LogP contribution in [-0.2, 0) is 11.2 Å². The quantitative estimate of drug-likeness (QED) is 0.127. The van der Waals surface area contributed by atoms with Crippen molar-refractivity contribution in [2.75, 3.05) is 47.1 Å². The molecule has 0 spiro atoms. The molecule has 5 atom stereocenters. The maximum atomic E-state index is 11.2. The van der Waals surface area contributed by atoms with E-state index in [1.807, 2.05) is 6.07 Å². The van der Waals surface area contributed by atoms with Gasteiger partial charge in [-0.3, -0.25) is 5.32 Å². The normalized spacial score (nSPS) is 18.8. The molecule has 8 nitrogen and oxygen atoms in total. The van der Waals surface area contributed by atoms with Gasteiger partial charge in [0.05, 0.1) is 19.8 Å². The van der Waals surface area contributed by atoms with Crippen LogP contribution in [0.3, 0.4) is 0 Å². The van der Waals surface area contributed by atoms with Gasteiger partial charge in [0.2, 0.25) is 0 Å². The Kier molecular flexibility index (Phi) is 16.7. The summed E-state index contributed by atoms with van der Waals surface area (Å²) in [6.07, 6.45) is 3.57. The van der Waals surface area contributed by atoms with Gasteiger partial charge in [0, 0.05) is 44.7 Å². The zero-order chi connectivity index (χ0) is 31.2. The van der Waals surface area contributed by atoms with Crippen LogP contribution in [0.4, 0.5) is 0 Å². The van der Waals surface area contributed by atoms with Gasteiger partial charge < -0.3 is 35.1 Å². The van der Waals surface area contributed by atoms with Crippen LogP contribution in [0.1, 0.15) is 79.2 Å². The molecule has 1 unspecified atom stereocenters. The molecule has 244 valence electrons. The molecule has 1 fully saturated rings. The third-order valence-corrected chi connectivity index (χ3v) is 8.88. The van der Waals surface area contributed by atoms with Crippen molar-refractivity contribution >= 4 is 0 Å². The smallest absolute Gasteiger partial charge is 0.161 e. The fourth-order valence-corrected chi connectivity index (χ4v) is 6.13. The summed E-state index contributed by atoms with van der Waals surface area (Å²) in [6.45, 7) is 17.7. The lowest BCUT2D eigenvalue weighted by molar-refractivity contribution is -0.00259. The average Bonchev–Trinajstić information content (AvgIpc) is 2.94. The highest BCUT2D eigenvalue weighted by atomic mass is 16.5. The summed E-state index contributed by atoms with van der Waals surface area (Å²) in [7, 11) is 3.34. The third-order valence-electron chi connectivity index (χ3n) is 8.88. The Morgan fingerprint density at radius 1 is 0.952 bits per heavy atom. The molecule has 0 aromatic heterocycles. The standard InChI is InChI=1S/C34H63N3O5/c1-23(2)22-37-14-12-28(13-15-37)36-34(39)29(25(5)6)21-31(38)30(35)20-27(24(3)4)18-26-10-11-32(41-8)33(19-26)42-17-9-16-40-7/h10-11,19,23-25,27-31,34,36,38-39H,9,12-18,20-22,35H2,1-8H3/t27-,29-,30-,31-,34?/m0/s1. The Balaban J connectivity index is 1.96. The summed E-state index contributed by atoms with van der Waals surface area (Å²) in [4.78, 5) is 2.52. The summed E-state index contributed by atoms with van der Waals surface area (Å²) < 4.78 is 16.6. The lowest BCUT2D eigenvalue weighted by Crippen LogP contribution is -2.51. The number of nitrogens with zero attached hydrogens (tertiary/aromatic N) is 1. The minimum atomic E-state index is -0.682. The number of hydrogen-bond acceptors (Lipinski definition) is 8. The highest BCUT2D eigenvalue weighted by Crippen LogP contribution is 2.32. The predicted octanol–water partition coefficient (Wildman–Crippen LogP) is 4.69. The lowest BCUT2D eigenvalue weighted by Gasteiger charge is -2.37. The van der Waals surface area contributed by atoms with Crippen molar-refractivity contribution in [2.24, 2.45) is 35.3 Å². The highest BCUT2D eigenvalue weighted by Gasteiger charge is 2.31. The van der Waals surface area contributed by atoms with Crippen LogP contribution < -0.4 is 20.5 Å². The number of aliphatic hydroxyl groups excluding tert-OH is 2. The summed E-state index contributed by atoms with van der Waals surface area (Å²) in [5.41, 5.74) is 7.82. The van der Waals surface area contributed by atoms with Crippen LogP contribution in [0.15, 0.2) is 18.2 Å². The molecule has 5 N–H and O–H groups in total. The van der Waals surface area contributed by atoms with Crippen molar-refractivity contribution in [1.29, 1.82) is 0 Å². The van der Waals surface area contributed by atoms with Crippen molar-refractivity contribution in [2.45, 2.75) is 104 Å². The van der Waals surface area contributed by atoms with E-state index in [-0.39, 0.29) is 17.9 Å². The van der Waals surface area contributed by atoms with Gasteiger partial charge in [0.15, 0.2) is 11.5 Å². The number of nitrogens with two attached hydrogens (primary N) is 1. The number of piperidine rings is 1. The SMILES string of the molecule is COCCCOc1cc(C[C@@H](C[C@H](N)[C@@H](O)C[C@@H](C(C)C)C(O)NC2CCN(CC(C)C)CC2)C(C)C)ccc1OC. The number of nitrogens with one attached hydrogen (secondary N) is 1. The predicted molar refractivity (Wildman–Crippen MR) is 172 cm³/mol. The lowest BCUT2D eigenvalue weighted by atomic mass is 9.80. The van der Waals surface area contributed by atoms with Crippen LogP contribution in [-0.4, -0.2) is 86.6 Å². The average molecular weight is 594 g/mol. The minimum absolute atomic E-state index is 0.0725. The highest BCUT2D eigenvalue weighted by molar-refractivity contribution is 5.43. The van der Waals surface area contributed by atoms with Gasteiger partial charge in [-0.15, -0.1) is 0 Å². The van der Waals surface area contributed by atoms with E-state index in [1.54, 1.807) is 14.2 Å². The zero-order valence-electron chi connectivity index (χ0n) is 27.9. The fraction of sp³-hybridized carbons (Fsp3) is 0.824. The number of ether oxygens (including phenoxy) is 3. The first-order chi connectivity index (χ1) is 19.9. The second kappa shape index (κ2) is 19.1. The Hall–Kier alpha value is -1.42. The number of likely N-dealkylation sites (tertiary alicyclic amines) is 1. The first kappa shape index (κ1) is 36.8. The zero-order valence-corrected chi connectivity index (χ0v) is 27.9. The molecule has 8 heteroatoms. The van der Waals surface area contributed by atoms with E-state index in [9.17, 15) is 10.2 Å². The second-order valence-electron chi connectivity index (χ2n) is 13.6. The second-order valence-corrected chi connectivity index (χ2v) is 13.6. The maximum Gasteiger partial charge on any atom is 0.161 e. The van der Waals surface area contributed by atoms with Gasteiger partial charge in [-0.25, -0.2) is 0 Å². The van der Waals surface area contributed by atoms with Gasteiger partial charge in [-0.1, -0.05) is 47.6 Å². The van der Waals surface area contributed by atoms with Crippen molar-refractivity contribution in [3.8, 4) is 11.5 Å². The molecular weight excluding hydrogens is 530 g/mol. The summed E-state index contributed by atoms with van der Waals surface area (Å²) in [5, 5.41) is 25.9. The number of benzene rings is 1. The first-order valence-electron chi connectivity index (χ1n) is 16.3. The van der Waals surface area contributed by atoms with Crippen molar-refractivity contribution < 1.29 is 24.4 Å². The summed E-state index contributed by atoms with van der Waals surface area (Å²) in [6, 6.07) is 6.05. The Labute approximate surface area is 256 Å². The van der Waals surface area contributed by atoms with Crippen LogP contribution >= 0.6 is 0 Å². The summed E-state index contributed by atoms with van der Waals surface area (Å²) in [5.74, 6) is 2.97. The monoisotopic (exact) mass is 593 g/mol. The molecule has 2 rings (SSSR count). The molecule has 1 saturated heterocycles. The molecule has 0 radical (unpaired) electrons. The molecule has 0 bridgehead atoms. The van der Waals surface area contributed by atoms with Gasteiger partial charge in [-0.2, -0.15) is 0 Å². The van der Waals surface area contributed by atoms with Crippen LogP contribution in [0.2, 0.25) is 0 Å². The molecule has 1 aromatic carbocycles. The third kappa shape index (κ3) is 12.7. The van der Waals surface area contributed by atoms with Crippen LogP contribution in [0.25, 0.3) is 0 Å². The van der Waals surface area contributed by atoms with Crippen LogP contribution in [0, 0.1) is 29.6 Å². The molecule has 1 aromatic rings. The van der Waals surface area contributed by atoms with Gasteiger partial charge >= 0.3 is 0 Å². The van der Waals surface area contributed by atoms with E-state index in [0.717, 1.165) is 62.4 Å². The van der Waals surface area contributed by atoms with E-state index in [0.29, 0.717) is 49.9 Å². The van der Waals surface area contributed by atoms with Gasteiger partial charge in [0.1, 0.15) is 6.23 Å². The van der Waals surface area contributed by atoms with E-state index in [1.165, 1.54) is 0 Å². The van der Waals surface area contributed by atoms with Gasteiger partial charge in [-0.05, 0) is 86.6 Å². The van der Waals surface area contributed by atoms with E-state index >= 15 is 0 Å². The van der Waals surface area contributed by atoms with E-state index in [2.05, 4.69) is 63.9 Å². The molecule has 0 saturated carbocycles. The van der Waals surface area contributed by atoms with Crippen molar-refractivity contribution in [3.63, 3.8) is 0 Å². The Morgan fingerprint density at radius 2 is 1.64 bits per heavy atom. The molecule has 0 amide bonds. The molecular formula is C34H63N3O5. The summed E-state index contributed by atoms with van der Waals surface area (Å²) >= 11 is 0. The first-order valence-corrected chi connectivity index (χ1v) is 16.3. The molecule has 1 aliphatic heterocycles. The number of aliphatic hydroxyl groups is 2. The number of rotatable bonds is 20. The van der Waals surface area contributed by atoms with Crippen molar-refractivity contribution in [3.05, 3.63) is 23.8 Å². The molecule has 1 aliphatic rings. The number of hydrogen-bond donors (Lipinski definition) is 4. The number of methoxy groups -OCH3 is 2. The molecule has 0 aliphatic carbocycles. The Morgan fingerprint density at radius 3 is 2.21 bits per heavy atom. The maximum absolute atomic E-state index is 11.2. The molecule has 1 heterocycles.